The van der Waals surface area contributed by atoms with Crippen LogP contribution >= 0.6 is 45.8 Å². The quantitative estimate of drug-likeness (QED) is 0.517. The topological polar surface area (TPSA) is 18.5 Å². The lowest BCUT2D eigenvalue weighted by Crippen LogP contribution is -2.35. The predicted octanol–water partition coefficient (Wildman–Crippen LogP) is 3.61. The summed E-state index contributed by atoms with van der Waals surface area (Å²) in [5.74, 6) is 1.11. The second-order valence-corrected chi connectivity index (χ2v) is 6.35. The van der Waals surface area contributed by atoms with Gasteiger partial charge < -0.3 is 9.47 Å². The molecule has 0 aromatic carbocycles. The van der Waals surface area contributed by atoms with Crippen molar-refractivity contribution in [1.82, 2.24) is 0 Å². The molecule has 1 saturated carbocycles. The Morgan fingerprint density at radius 3 is 2.12 bits per heavy atom. The summed E-state index contributed by atoms with van der Waals surface area (Å²) in [5.41, 5.74) is 0. The summed E-state index contributed by atoms with van der Waals surface area (Å²) < 4.78 is 11.6. The monoisotopic (exact) mass is 380 g/mol. The Morgan fingerprint density at radius 2 is 1.69 bits per heavy atom. The van der Waals surface area contributed by atoms with E-state index >= 15 is 0 Å². The molecule has 0 aromatic rings. The van der Waals surface area contributed by atoms with Gasteiger partial charge in [0.2, 0.25) is 0 Å². The van der Waals surface area contributed by atoms with Crippen LogP contribution in [0.3, 0.4) is 0 Å². The third-order valence-electron chi connectivity index (χ3n) is 3.02. The highest BCUT2D eigenvalue weighted by atomic mass is 127. The Morgan fingerprint density at radius 1 is 1.12 bits per heavy atom. The van der Waals surface area contributed by atoms with Crippen LogP contribution in [0.2, 0.25) is 0 Å². The smallest absolute Gasteiger partial charge is 0.0843 e. The minimum Gasteiger partial charge on any atom is -0.381 e. The first-order chi connectivity index (χ1) is 7.71. The van der Waals surface area contributed by atoms with Gasteiger partial charge in [-0.05, 0) is 25.7 Å². The molecule has 16 heavy (non-hydrogen) atoms. The molecule has 0 radical (unpaired) electrons. The summed E-state index contributed by atoms with van der Waals surface area (Å²) in [6.45, 7) is 0. The Bertz CT molecular complexity index is 187. The van der Waals surface area contributed by atoms with E-state index in [1.807, 2.05) is 0 Å². The molecule has 0 N–H and O–H groups in total. The highest BCUT2D eigenvalue weighted by Crippen LogP contribution is 2.26. The maximum Gasteiger partial charge on any atom is 0.0843 e. The molecule has 5 heteroatoms. The van der Waals surface area contributed by atoms with Crippen molar-refractivity contribution in [3.8, 4) is 0 Å². The van der Waals surface area contributed by atoms with Crippen molar-refractivity contribution in [3.05, 3.63) is 0 Å². The van der Waals surface area contributed by atoms with Crippen molar-refractivity contribution in [3.63, 3.8) is 0 Å². The Labute approximate surface area is 121 Å². The average Bonchev–Trinajstić information content (AvgIpc) is 2.35. The van der Waals surface area contributed by atoms with Crippen LogP contribution in [0.4, 0.5) is 0 Å². The van der Waals surface area contributed by atoms with E-state index in [0.29, 0.717) is 24.0 Å². The summed E-state index contributed by atoms with van der Waals surface area (Å²) in [6.07, 6.45) is 5.12. The van der Waals surface area contributed by atoms with E-state index in [1.165, 1.54) is 0 Å². The number of rotatable bonds is 6. The maximum absolute atomic E-state index is 6.01. The third kappa shape index (κ3) is 4.84. The van der Waals surface area contributed by atoms with Crippen LogP contribution in [0.1, 0.15) is 25.7 Å². The summed E-state index contributed by atoms with van der Waals surface area (Å²) in [6, 6.07) is 0. The zero-order valence-corrected chi connectivity index (χ0v) is 13.2. The molecule has 2 unspecified atom stereocenters. The SMILES string of the molecule is COC1CCC(OC(CCl)C(I)CCl)CC1. The highest BCUT2D eigenvalue weighted by Gasteiger charge is 2.26. The summed E-state index contributed by atoms with van der Waals surface area (Å²) in [4.78, 5) is 0. The fourth-order valence-corrected chi connectivity index (χ4v) is 3.18. The minimum atomic E-state index is 0.0730. The van der Waals surface area contributed by atoms with Crippen LogP contribution in [0.25, 0.3) is 0 Å². The maximum atomic E-state index is 6.01. The molecule has 2 nitrogen and oxygen atoms in total. The van der Waals surface area contributed by atoms with Crippen LogP contribution in [0.15, 0.2) is 0 Å². The highest BCUT2D eigenvalue weighted by molar-refractivity contribution is 14.1. The number of methoxy groups -OCH3 is 1. The van der Waals surface area contributed by atoms with E-state index < -0.39 is 0 Å². The fraction of sp³-hybridized carbons (Fsp3) is 1.00. The van der Waals surface area contributed by atoms with Crippen molar-refractivity contribution in [2.75, 3.05) is 18.9 Å². The molecule has 1 fully saturated rings. The number of alkyl halides is 3. The molecule has 96 valence electrons. The molecule has 0 spiro atoms. The van der Waals surface area contributed by atoms with E-state index in [9.17, 15) is 0 Å². The van der Waals surface area contributed by atoms with Crippen molar-refractivity contribution in [1.29, 1.82) is 0 Å². The van der Waals surface area contributed by atoms with Crippen LogP contribution in [0.5, 0.6) is 0 Å². The van der Waals surface area contributed by atoms with E-state index in [4.69, 9.17) is 32.7 Å². The third-order valence-corrected chi connectivity index (χ3v) is 5.42. The van der Waals surface area contributed by atoms with Gasteiger partial charge in [0, 0.05) is 18.9 Å². The van der Waals surface area contributed by atoms with Crippen LogP contribution in [0, 0.1) is 0 Å². The molecule has 0 heterocycles. The van der Waals surface area contributed by atoms with Gasteiger partial charge in [-0.15, -0.1) is 23.2 Å². The number of hydrogen-bond acceptors (Lipinski definition) is 2. The molecule has 0 bridgehead atoms. The normalized spacial score (nSPS) is 30.0. The number of halogens is 3. The lowest BCUT2D eigenvalue weighted by molar-refractivity contribution is -0.0442. The van der Waals surface area contributed by atoms with Crippen molar-refractivity contribution in [2.24, 2.45) is 0 Å². The van der Waals surface area contributed by atoms with Crippen molar-refractivity contribution in [2.45, 2.75) is 47.9 Å². The molecule has 0 aromatic heterocycles. The minimum absolute atomic E-state index is 0.0730. The molecular formula is C11H19Cl2IO2. The van der Waals surface area contributed by atoms with Gasteiger partial charge in [-0.2, -0.15) is 0 Å². The zero-order valence-electron chi connectivity index (χ0n) is 9.50. The van der Waals surface area contributed by atoms with Crippen molar-refractivity contribution < 1.29 is 9.47 Å². The Balaban J connectivity index is 2.31. The van der Waals surface area contributed by atoms with Crippen LogP contribution in [-0.4, -0.2) is 41.1 Å². The largest absolute Gasteiger partial charge is 0.381 e. The number of ether oxygens (including phenoxy) is 2. The fourth-order valence-electron chi connectivity index (χ4n) is 1.97. The summed E-state index contributed by atoms with van der Waals surface area (Å²) in [5, 5.41) is 0. The van der Waals surface area contributed by atoms with Gasteiger partial charge in [0.1, 0.15) is 0 Å². The van der Waals surface area contributed by atoms with Gasteiger partial charge in [0.25, 0.3) is 0 Å². The first-order valence-electron chi connectivity index (χ1n) is 5.65. The molecule has 0 aliphatic heterocycles. The zero-order chi connectivity index (χ0) is 12.0. The predicted molar refractivity (Wildman–Crippen MR) is 77.2 cm³/mol. The van der Waals surface area contributed by atoms with Gasteiger partial charge in [0.15, 0.2) is 0 Å². The van der Waals surface area contributed by atoms with E-state index in [1.54, 1.807) is 7.11 Å². The van der Waals surface area contributed by atoms with Gasteiger partial charge in [-0.25, -0.2) is 0 Å². The van der Waals surface area contributed by atoms with Gasteiger partial charge >= 0.3 is 0 Å². The van der Waals surface area contributed by atoms with Crippen molar-refractivity contribution >= 4 is 45.8 Å². The molecule has 1 aliphatic carbocycles. The molecule has 1 aliphatic rings. The molecule has 2 atom stereocenters. The Kier molecular flexibility index (Phi) is 7.98. The van der Waals surface area contributed by atoms with E-state index in [0.717, 1.165) is 25.7 Å². The molecular weight excluding hydrogens is 362 g/mol. The second-order valence-electron chi connectivity index (χ2n) is 4.13. The number of hydrogen-bond donors (Lipinski definition) is 0. The van der Waals surface area contributed by atoms with Gasteiger partial charge in [-0.3, -0.25) is 0 Å². The van der Waals surface area contributed by atoms with Gasteiger partial charge in [0.05, 0.1) is 22.2 Å². The first-order valence-corrected chi connectivity index (χ1v) is 7.97. The summed E-state index contributed by atoms with van der Waals surface area (Å²) in [7, 11) is 1.78. The van der Waals surface area contributed by atoms with E-state index in [2.05, 4.69) is 22.6 Å². The standard InChI is InChI=1S/C11H19Cl2IO2/c1-15-8-2-4-9(5-3-8)16-11(7-13)10(14)6-12/h8-11H,2-7H2,1H3. The van der Waals surface area contributed by atoms with Crippen LogP contribution < -0.4 is 0 Å². The average molecular weight is 381 g/mol. The summed E-state index contributed by atoms with van der Waals surface area (Å²) >= 11 is 14.0. The first kappa shape index (κ1) is 15.3. The van der Waals surface area contributed by atoms with E-state index in [-0.39, 0.29) is 10.0 Å². The lowest BCUT2D eigenvalue weighted by Gasteiger charge is -2.31. The second kappa shape index (κ2) is 8.35. The molecule has 1 rings (SSSR count). The van der Waals surface area contributed by atoms with Crippen LogP contribution in [-0.2, 0) is 9.47 Å². The van der Waals surface area contributed by atoms with Gasteiger partial charge in [-0.1, -0.05) is 22.6 Å². The lowest BCUT2D eigenvalue weighted by atomic mass is 9.95. The molecule has 0 amide bonds. The molecule has 0 saturated heterocycles. The Hall–Kier alpha value is 1.23.